The molecule has 4 aliphatic heterocycles. The van der Waals surface area contributed by atoms with Gasteiger partial charge in [0, 0.05) is 17.4 Å². The summed E-state index contributed by atoms with van der Waals surface area (Å²) in [4.78, 5) is 58.9. The van der Waals surface area contributed by atoms with Crippen LogP contribution < -0.4 is 5.32 Å². The minimum atomic E-state index is -1.49. The number of carbonyl (C=O) groups is 4. The summed E-state index contributed by atoms with van der Waals surface area (Å²) >= 11 is 3.56. The number of amides is 3. The van der Waals surface area contributed by atoms with Crippen molar-refractivity contribution in [1.29, 1.82) is 0 Å². The fraction of sp³-hybridized carbons (Fsp3) is 0.562. The van der Waals surface area contributed by atoms with Gasteiger partial charge in [0.25, 0.3) is 5.91 Å². The SMILES string of the molecule is CC[C@H](C)[C@H](CO)N1C(=O)[C@H]2[C@@H]3C(=O)O[C@H](C)CNC(=O)CC/C=C\CN(Cn4nnc5ccccc54)C(=O)[C@H]1[C@@]21C=C(Br)[C@@H]3O1. The van der Waals surface area contributed by atoms with Crippen LogP contribution in [-0.2, 0) is 35.3 Å². The average Bonchev–Trinajstić information content (AvgIpc) is 3.76. The summed E-state index contributed by atoms with van der Waals surface area (Å²) in [5.74, 6) is -3.97. The van der Waals surface area contributed by atoms with Crippen LogP contribution in [0.4, 0.5) is 0 Å². The van der Waals surface area contributed by atoms with Gasteiger partial charge in [-0.2, -0.15) is 0 Å². The number of aliphatic hydroxyl groups is 1. The number of ether oxygens (including phenoxy) is 2. The summed E-state index contributed by atoms with van der Waals surface area (Å²) in [6.07, 6.45) is 5.19. The van der Waals surface area contributed by atoms with Crippen molar-refractivity contribution in [2.24, 2.45) is 17.8 Å². The predicted octanol–water partition coefficient (Wildman–Crippen LogP) is 1.90. The van der Waals surface area contributed by atoms with Crippen molar-refractivity contribution < 1.29 is 33.8 Å². The van der Waals surface area contributed by atoms with Gasteiger partial charge in [-0.25, -0.2) is 4.68 Å². The standard InChI is InChI=1S/C32H39BrN6O7/c1-4-18(2)23(16-40)39-28-30(43)37(17-38-22-11-8-7-10-21(22)35-36-38)13-9-5-6-12-24(41)34-15-19(3)45-31(44)25-26(29(39)42)32(28)14-20(33)27(25)46-32/h5,7-11,14,18-19,23,25-28,40H,4,6,12-13,15-17H2,1-3H3,(H,34,41)/b9-5-/t18-,19+,23-,25-,26+,27-,28-,32+/m0/s1. The van der Waals surface area contributed by atoms with Crippen molar-refractivity contribution in [3.8, 4) is 0 Å². The molecule has 0 aliphatic carbocycles. The minimum absolute atomic E-state index is 0.00781. The maximum atomic E-state index is 15.0. The summed E-state index contributed by atoms with van der Waals surface area (Å²) in [6, 6.07) is 5.50. The zero-order chi connectivity index (χ0) is 32.7. The Morgan fingerprint density at radius 2 is 1.96 bits per heavy atom. The third-order valence-electron chi connectivity index (χ3n) is 9.69. The predicted molar refractivity (Wildman–Crippen MR) is 169 cm³/mol. The number of nitrogens with one attached hydrogen (secondary N) is 1. The smallest absolute Gasteiger partial charge is 0.313 e. The van der Waals surface area contributed by atoms with Crippen molar-refractivity contribution in [1.82, 2.24) is 30.1 Å². The van der Waals surface area contributed by atoms with Gasteiger partial charge in [0.1, 0.15) is 42.0 Å². The van der Waals surface area contributed by atoms with E-state index in [0.29, 0.717) is 22.8 Å². The number of aliphatic hydroxyl groups excluding tert-OH is 1. The number of aromatic nitrogens is 3. The number of hydrogen-bond donors (Lipinski definition) is 2. The lowest BCUT2D eigenvalue weighted by molar-refractivity contribution is -0.160. The highest BCUT2D eigenvalue weighted by molar-refractivity contribution is 9.11. The Bertz CT molecular complexity index is 1590. The molecule has 8 atom stereocenters. The van der Waals surface area contributed by atoms with Crippen LogP contribution in [0.2, 0.25) is 0 Å². The summed E-state index contributed by atoms with van der Waals surface area (Å²) in [6.45, 7) is 5.44. The van der Waals surface area contributed by atoms with E-state index in [-0.39, 0.29) is 44.6 Å². The van der Waals surface area contributed by atoms with E-state index in [4.69, 9.17) is 9.47 Å². The second-order valence-corrected chi connectivity index (χ2v) is 13.5. The van der Waals surface area contributed by atoms with E-state index < -0.39 is 59.5 Å². The molecule has 6 rings (SSSR count). The van der Waals surface area contributed by atoms with Crippen LogP contribution in [0.3, 0.4) is 0 Å². The number of allylic oxidation sites excluding steroid dienone is 1. The molecule has 2 aromatic rings. The molecule has 0 unspecified atom stereocenters. The van der Waals surface area contributed by atoms with Gasteiger partial charge in [0.05, 0.1) is 30.6 Å². The molecule has 2 fully saturated rings. The molecule has 0 radical (unpaired) electrons. The van der Waals surface area contributed by atoms with Crippen LogP contribution >= 0.6 is 15.9 Å². The Morgan fingerprint density at radius 3 is 2.72 bits per heavy atom. The molecule has 1 aromatic heterocycles. The van der Waals surface area contributed by atoms with Crippen LogP contribution in [0, 0.1) is 17.8 Å². The van der Waals surface area contributed by atoms with E-state index in [1.165, 1.54) is 4.90 Å². The lowest BCUT2D eigenvalue weighted by Crippen LogP contribution is -2.59. The Labute approximate surface area is 275 Å². The summed E-state index contributed by atoms with van der Waals surface area (Å²) in [5, 5.41) is 22.0. The van der Waals surface area contributed by atoms with E-state index in [9.17, 15) is 19.5 Å². The normalized spacial score (nSPS) is 32.3. The second kappa shape index (κ2) is 12.9. The molecule has 13 nitrogen and oxygen atoms in total. The number of esters is 1. The van der Waals surface area contributed by atoms with E-state index >= 15 is 4.79 Å². The molecule has 4 aliphatic rings. The maximum absolute atomic E-state index is 15.0. The molecule has 46 heavy (non-hydrogen) atoms. The van der Waals surface area contributed by atoms with Crippen LogP contribution in [0.25, 0.3) is 11.0 Å². The summed E-state index contributed by atoms with van der Waals surface area (Å²) in [5.41, 5.74) is -0.101. The van der Waals surface area contributed by atoms with Gasteiger partial charge in [-0.3, -0.25) is 19.2 Å². The number of nitrogens with zero attached hydrogens (tertiary/aromatic N) is 5. The maximum Gasteiger partial charge on any atom is 0.313 e. The Kier molecular flexibility index (Phi) is 9.05. The van der Waals surface area contributed by atoms with Crippen molar-refractivity contribution >= 4 is 50.7 Å². The number of para-hydroxylation sites is 1. The van der Waals surface area contributed by atoms with Crippen molar-refractivity contribution in [2.45, 2.75) is 76.6 Å². The zero-order valence-corrected chi connectivity index (χ0v) is 27.6. The van der Waals surface area contributed by atoms with Gasteiger partial charge in [0.2, 0.25) is 11.8 Å². The molecule has 3 amide bonds. The fourth-order valence-electron chi connectivity index (χ4n) is 7.15. The van der Waals surface area contributed by atoms with Crippen LogP contribution in [0.15, 0.2) is 47.0 Å². The third kappa shape index (κ3) is 5.43. The molecular weight excluding hydrogens is 660 g/mol. The van der Waals surface area contributed by atoms with E-state index in [0.717, 1.165) is 5.52 Å². The zero-order valence-electron chi connectivity index (χ0n) is 26.0. The van der Waals surface area contributed by atoms with Gasteiger partial charge in [0.15, 0.2) is 0 Å². The minimum Gasteiger partial charge on any atom is -0.460 e. The fourth-order valence-corrected chi connectivity index (χ4v) is 7.89. The first-order valence-corrected chi connectivity index (χ1v) is 16.6. The Balaban J connectivity index is 1.47. The van der Waals surface area contributed by atoms with Gasteiger partial charge < -0.3 is 29.7 Å². The summed E-state index contributed by atoms with van der Waals surface area (Å²) < 4.78 is 14.5. The first-order valence-electron chi connectivity index (χ1n) is 15.8. The highest BCUT2D eigenvalue weighted by Crippen LogP contribution is 2.59. The van der Waals surface area contributed by atoms with Crippen molar-refractivity contribution in [3.05, 3.63) is 47.0 Å². The molecule has 5 bridgehead atoms. The monoisotopic (exact) mass is 698 g/mol. The van der Waals surface area contributed by atoms with Crippen LogP contribution in [0.5, 0.6) is 0 Å². The molecule has 14 heteroatoms. The molecule has 5 heterocycles. The third-order valence-corrected chi connectivity index (χ3v) is 10.4. The second-order valence-electron chi connectivity index (χ2n) is 12.5. The largest absolute Gasteiger partial charge is 0.460 e. The molecule has 2 N–H and O–H groups in total. The first kappa shape index (κ1) is 32.3. The van der Waals surface area contributed by atoms with Gasteiger partial charge in [-0.05, 0) is 37.5 Å². The topological polar surface area (TPSA) is 156 Å². The number of carbonyl (C=O) groups excluding carboxylic acids is 4. The van der Waals surface area contributed by atoms with E-state index in [2.05, 4.69) is 31.6 Å². The van der Waals surface area contributed by atoms with Crippen LogP contribution in [-0.4, -0.2) is 103 Å². The number of benzene rings is 1. The summed E-state index contributed by atoms with van der Waals surface area (Å²) in [7, 11) is 0. The Hall–Kier alpha value is -3.62. The highest BCUT2D eigenvalue weighted by Gasteiger charge is 2.75. The number of rotatable bonds is 6. The quantitative estimate of drug-likeness (QED) is 0.340. The first-order chi connectivity index (χ1) is 22.1. The number of hydrogen-bond acceptors (Lipinski definition) is 9. The molecule has 2 saturated heterocycles. The van der Waals surface area contributed by atoms with E-state index in [1.54, 1.807) is 22.6 Å². The number of halogens is 1. The molecule has 1 spiro atoms. The molecule has 1 aromatic carbocycles. The van der Waals surface area contributed by atoms with Crippen molar-refractivity contribution in [3.63, 3.8) is 0 Å². The molecular formula is C32H39BrN6O7. The lowest BCUT2D eigenvalue weighted by Gasteiger charge is -2.40. The van der Waals surface area contributed by atoms with Crippen molar-refractivity contribution in [2.75, 3.05) is 19.7 Å². The Morgan fingerprint density at radius 1 is 1.17 bits per heavy atom. The number of likely N-dealkylation sites (tertiary alicyclic amines) is 1. The number of cyclic esters (lactones) is 1. The molecule has 0 saturated carbocycles. The van der Waals surface area contributed by atoms with Crippen LogP contribution in [0.1, 0.15) is 40.0 Å². The molecule has 246 valence electrons. The van der Waals surface area contributed by atoms with Gasteiger partial charge >= 0.3 is 5.97 Å². The highest BCUT2D eigenvalue weighted by atomic mass is 79.9. The number of fused-ring (bicyclic) bond motifs is 3. The van der Waals surface area contributed by atoms with E-state index in [1.807, 2.05) is 50.3 Å². The van der Waals surface area contributed by atoms with Gasteiger partial charge in [-0.15, -0.1) is 5.10 Å². The lowest BCUT2D eigenvalue weighted by atomic mass is 9.74. The van der Waals surface area contributed by atoms with Gasteiger partial charge in [-0.1, -0.05) is 65.7 Å². The average molecular weight is 700 g/mol.